The van der Waals surface area contributed by atoms with E-state index >= 15 is 0 Å². The summed E-state index contributed by atoms with van der Waals surface area (Å²) in [6.07, 6.45) is 5.97. The molecular formula is C20H18BrN7O2. The van der Waals surface area contributed by atoms with Crippen molar-refractivity contribution in [2.45, 2.75) is 25.8 Å². The lowest BCUT2D eigenvalue weighted by molar-refractivity contribution is -0.130. The summed E-state index contributed by atoms with van der Waals surface area (Å²) in [6.45, 7) is 2.24. The number of likely N-dealkylation sites (tertiary alicyclic amines) is 1. The van der Waals surface area contributed by atoms with Crippen LogP contribution in [0.3, 0.4) is 0 Å². The Hall–Kier alpha value is -3.14. The number of rotatable bonds is 5. The molecule has 5 rings (SSSR count). The summed E-state index contributed by atoms with van der Waals surface area (Å²) < 4.78 is 7.99. The predicted octanol–water partition coefficient (Wildman–Crippen LogP) is 3.32. The number of carbonyl (C=O) groups excluding carboxylic acids is 1. The van der Waals surface area contributed by atoms with Gasteiger partial charge in [-0.05, 0) is 53.0 Å². The van der Waals surface area contributed by atoms with Crippen LogP contribution in [0.25, 0.3) is 33.9 Å². The monoisotopic (exact) mass is 467 g/mol. The molecule has 152 valence electrons. The zero-order valence-electron chi connectivity index (χ0n) is 16.0. The number of halogens is 1. The number of carbonyl (C=O) groups is 1. The second-order valence-corrected chi connectivity index (χ2v) is 8.08. The summed E-state index contributed by atoms with van der Waals surface area (Å²) in [5.41, 5.74) is 3.10. The molecule has 0 N–H and O–H groups in total. The van der Waals surface area contributed by atoms with Crippen LogP contribution in [0.4, 0.5) is 0 Å². The van der Waals surface area contributed by atoms with Crippen molar-refractivity contribution in [2.24, 2.45) is 0 Å². The molecule has 0 saturated carbocycles. The zero-order chi connectivity index (χ0) is 20.5. The fourth-order valence-corrected chi connectivity index (χ4v) is 3.95. The number of fused-ring (bicyclic) bond motifs is 1. The lowest BCUT2D eigenvalue weighted by atomic mass is 10.2. The van der Waals surface area contributed by atoms with E-state index in [1.807, 2.05) is 29.2 Å². The first-order valence-corrected chi connectivity index (χ1v) is 10.5. The Labute approximate surface area is 180 Å². The molecule has 1 fully saturated rings. The van der Waals surface area contributed by atoms with E-state index in [4.69, 9.17) is 4.52 Å². The minimum Gasteiger partial charge on any atom is -0.343 e. The molecule has 1 aromatic carbocycles. The van der Waals surface area contributed by atoms with Crippen LogP contribution in [0.5, 0.6) is 0 Å². The number of aromatic nitrogens is 6. The van der Waals surface area contributed by atoms with E-state index < -0.39 is 0 Å². The third-order valence-corrected chi connectivity index (χ3v) is 5.58. The highest BCUT2D eigenvalue weighted by molar-refractivity contribution is 9.10. The quantitative estimate of drug-likeness (QED) is 0.443. The predicted molar refractivity (Wildman–Crippen MR) is 112 cm³/mol. The summed E-state index contributed by atoms with van der Waals surface area (Å²) in [7, 11) is 0. The first-order valence-electron chi connectivity index (χ1n) is 9.73. The molecule has 3 aromatic heterocycles. The van der Waals surface area contributed by atoms with E-state index in [0.717, 1.165) is 52.6 Å². The zero-order valence-corrected chi connectivity index (χ0v) is 17.6. The fraction of sp³-hybridized carbons (Fsp3) is 0.300. The van der Waals surface area contributed by atoms with E-state index in [1.165, 1.54) is 0 Å². The summed E-state index contributed by atoms with van der Waals surface area (Å²) >= 11 is 3.39. The van der Waals surface area contributed by atoms with Gasteiger partial charge in [-0.1, -0.05) is 10.4 Å². The SMILES string of the molecule is O=C(CCn1nnc2cc(-c3noc(-c4cncc(Br)c4)n3)ccc21)N1CCCC1. The first kappa shape index (κ1) is 18.9. The summed E-state index contributed by atoms with van der Waals surface area (Å²) in [6, 6.07) is 7.55. The van der Waals surface area contributed by atoms with Crippen LogP contribution in [0.1, 0.15) is 19.3 Å². The van der Waals surface area contributed by atoms with Crippen LogP contribution in [-0.2, 0) is 11.3 Å². The average molecular weight is 468 g/mol. The molecule has 0 bridgehead atoms. The second kappa shape index (κ2) is 7.94. The van der Waals surface area contributed by atoms with Gasteiger partial charge in [0.1, 0.15) is 5.52 Å². The Balaban J connectivity index is 1.34. The maximum absolute atomic E-state index is 12.3. The molecule has 9 nitrogen and oxygen atoms in total. The normalized spacial score (nSPS) is 14.0. The maximum atomic E-state index is 12.3. The topological polar surface area (TPSA) is 103 Å². The smallest absolute Gasteiger partial charge is 0.259 e. The molecule has 30 heavy (non-hydrogen) atoms. The average Bonchev–Trinajstić information content (AvgIpc) is 3.52. The largest absolute Gasteiger partial charge is 0.343 e. The highest BCUT2D eigenvalue weighted by Gasteiger charge is 2.18. The van der Waals surface area contributed by atoms with Crippen molar-refractivity contribution in [3.8, 4) is 22.8 Å². The third-order valence-electron chi connectivity index (χ3n) is 5.15. The molecule has 0 radical (unpaired) electrons. The highest BCUT2D eigenvalue weighted by atomic mass is 79.9. The van der Waals surface area contributed by atoms with Crippen LogP contribution >= 0.6 is 15.9 Å². The Kier molecular flexibility index (Phi) is 4.99. The van der Waals surface area contributed by atoms with Crippen molar-refractivity contribution >= 4 is 32.9 Å². The van der Waals surface area contributed by atoms with Gasteiger partial charge in [-0.2, -0.15) is 4.98 Å². The minimum absolute atomic E-state index is 0.175. The summed E-state index contributed by atoms with van der Waals surface area (Å²) in [5, 5.41) is 12.5. The number of aryl methyl sites for hydroxylation is 1. The first-order chi connectivity index (χ1) is 14.7. The molecule has 10 heteroatoms. The molecule has 1 aliphatic rings. The van der Waals surface area contributed by atoms with Gasteiger partial charge in [0.25, 0.3) is 5.89 Å². The van der Waals surface area contributed by atoms with E-state index in [9.17, 15) is 4.79 Å². The number of pyridine rings is 1. The Morgan fingerprint density at radius 3 is 2.83 bits per heavy atom. The molecule has 0 spiro atoms. The van der Waals surface area contributed by atoms with Gasteiger partial charge >= 0.3 is 0 Å². The standard InChI is InChI=1S/C20H18BrN7O2/c21-15-9-14(11-22-12-15)20-23-19(25-30-20)13-3-4-17-16(10-13)24-26-28(17)8-5-18(29)27-6-1-2-7-27/h3-4,9-12H,1-2,5-8H2. The van der Waals surface area contributed by atoms with Gasteiger partial charge in [-0.15, -0.1) is 5.10 Å². The molecule has 0 aliphatic carbocycles. The lowest BCUT2D eigenvalue weighted by Crippen LogP contribution is -2.28. The van der Waals surface area contributed by atoms with Crippen molar-refractivity contribution in [1.29, 1.82) is 0 Å². The number of hydrogen-bond donors (Lipinski definition) is 0. The van der Waals surface area contributed by atoms with Crippen molar-refractivity contribution in [1.82, 2.24) is 35.0 Å². The Bertz CT molecular complexity index is 1210. The van der Waals surface area contributed by atoms with Crippen LogP contribution in [0.15, 0.2) is 45.7 Å². The number of benzene rings is 1. The number of nitrogens with zero attached hydrogens (tertiary/aromatic N) is 7. The van der Waals surface area contributed by atoms with Gasteiger partial charge < -0.3 is 9.42 Å². The van der Waals surface area contributed by atoms with Crippen LogP contribution in [-0.4, -0.2) is 54.0 Å². The molecule has 0 atom stereocenters. The number of amides is 1. The van der Waals surface area contributed by atoms with Crippen LogP contribution in [0.2, 0.25) is 0 Å². The fourth-order valence-electron chi connectivity index (χ4n) is 3.59. The van der Waals surface area contributed by atoms with Gasteiger partial charge in [0.15, 0.2) is 0 Å². The van der Waals surface area contributed by atoms with Crippen LogP contribution in [0, 0.1) is 0 Å². The summed E-state index contributed by atoms with van der Waals surface area (Å²) in [4.78, 5) is 22.8. The lowest BCUT2D eigenvalue weighted by Gasteiger charge is -2.14. The molecule has 4 aromatic rings. The Morgan fingerprint density at radius 2 is 2.00 bits per heavy atom. The Morgan fingerprint density at radius 1 is 1.13 bits per heavy atom. The highest BCUT2D eigenvalue weighted by Crippen LogP contribution is 2.25. The van der Waals surface area contributed by atoms with Gasteiger partial charge in [0.05, 0.1) is 17.6 Å². The molecule has 1 amide bonds. The van der Waals surface area contributed by atoms with Crippen molar-refractivity contribution in [2.75, 3.05) is 13.1 Å². The van der Waals surface area contributed by atoms with Crippen molar-refractivity contribution < 1.29 is 9.32 Å². The maximum Gasteiger partial charge on any atom is 0.259 e. The summed E-state index contributed by atoms with van der Waals surface area (Å²) in [5.74, 6) is 1.03. The molecule has 1 aliphatic heterocycles. The van der Waals surface area contributed by atoms with E-state index in [2.05, 4.69) is 41.4 Å². The molecular weight excluding hydrogens is 450 g/mol. The van der Waals surface area contributed by atoms with Crippen LogP contribution < -0.4 is 0 Å². The van der Waals surface area contributed by atoms with Gasteiger partial charge in [0, 0.05) is 41.9 Å². The van der Waals surface area contributed by atoms with Gasteiger partial charge in [-0.3, -0.25) is 9.78 Å². The van der Waals surface area contributed by atoms with Gasteiger partial charge in [0.2, 0.25) is 11.7 Å². The third kappa shape index (κ3) is 3.70. The van der Waals surface area contributed by atoms with Crippen molar-refractivity contribution in [3.05, 3.63) is 41.1 Å². The minimum atomic E-state index is 0.175. The van der Waals surface area contributed by atoms with Crippen molar-refractivity contribution in [3.63, 3.8) is 0 Å². The van der Waals surface area contributed by atoms with E-state index in [1.54, 1.807) is 17.1 Å². The molecule has 4 heterocycles. The second-order valence-electron chi connectivity index (χ2n) is 7.17. The molecule has 0 unspecified atom stereocenters. The van der Waals surface area contributed by atoms with Gasteiger partial charge in [-0.25, -0.2) is 4.68 Å². The van der Waals surface area contributed by atoms with E-state index in [0.29, 0.717) is 24.7 Å². The molecule has 1 saturated heterocycles. The van der Waals surface area contributed by atoms with E-state index in [-0.39, 0.29) is 5.91 Å². The number of hydrogen-bond acceptors (Lipinski definition) is 7.